The summed E-state index contributed by atoms with van der Waals surface area (Å²) in [6.45, 7) is 6.45. The number of benzene rings is 1. The summed E-state index contributed by atoms with van der Waals surface area (Å²) in [5, 5.41) is 2.97. The molecule has 26 heavy (non-hydrogen) atoms. The molecular formula is C19H27N3O4. The van der Waals surface area contributed by atoms with Crippen LogP contribution in [0.5, 0.6) is 0 Å². The van der Waals surface area contributed by atoms with Gasteiger partial charge in [0.15, 0.2) is 0 Å². The fourth-order valence-corrected chi connectivity index (χ4v) is 3.31. The Labute approximate surface area is 154 Å². The highest BCUT2D eigenvalue weighted by Gasteiger charge is 2.23. The van der Waals surface area contributed by atoms with E-state index in [0.717, 1.165) is 38.2 Å². The Hall–Kier alpha value is -2.28. The Morgan fingerprint density at radius 1 is 1.19 bits per heavy atom. The summed E-state index contributed by atoms with van der Waals surface area (Å²) in [5.74, 6) is -0.299. The molecule has 0 aromatic heterocycles. The van der Waals surface area contributed by atoms with E-state index in [4.69, 9.17) is 9.47 Å². The van der Waals surface area contributed by atoms with E-state index in [0.29, 0.717) is 31.8 Å². The standard InChI is InChI=1S/C19H27N3O4/c1-2-25-18(23)15-5-7-16(8-6-15)21-9-11-22(12-10-21)19(24)20-14-17-4-3-13-26-17/h5-8,17H,2-4,9-14H2,1H3,(H,20,24). The molecule has 1 aromatic rings. The van der Waals surface area contributed by atoms with E-state index in [1.807, 2.05) is 17.0 Å². The first-order valence-electron chi connectivity index (χ1n) is 9.34. The molecule has 7 nitrogen and oxygen atoms in total. The molecule has 1 unspecified atom stereocenters. The van der Waals surface area contributed by atoms with Gasteiger partial charge in [0.1, 0.15) is 0 Å². The van der Waals surface area contributed by atoms with E-state index < -0.39 is 0 Å². The molecule has 142 valence electrons. The first-order chi connectivity index (χ1) is 12.7. The molecule has 7 heteroatoms. The number of urea groups is 1. The molecule has 0 radical (unpaired) electrons. The van der Waals surface area contributed by atoms with Gasteiger partial charge < -0.3 is 24.6 Å². The highest BCUT2D eigenvalue weighted by atomic mass is 16.5. The summed E-state index contributed by atoms with van der Waals surface area (Å²) < 4.78 is 10.5. The summed E-state index contributed by atoms with van der Waals surface area (Å²) in [7, 11) is 0. The summed E-state index contributed by atoms with van der Waals surface area (Å²) in [6.07, 6.45) is 2.27. The van der Waals surface area contributed by atoms with Crippen LogP contribution in [0.15, 0.2) is 24.3 Å². The molecule has 2 aliphatic heterocycles. The van der Waals surface area contributed by atoms with Crippen molar-refractivity contribution in [2.45, 2.75) is 25.9 Å². The number of esters is 1. The summed E-state index contributed by atoms with van der Waals surface area (Å²) in [4.78, 5) is 28.0. The lowest BCUT2D eigenvalue weighted by atomic mass is 10.2. The molecule has 2 amide bonds. The molecule has 0 bridgehead atoms. The van der Waals surface area contributed by atoms with E-state index in [-0.39, 0.29) is 18.1 Å². The topological polar surface area (TPSA) is 71.1 Å². The molecule has 1 atom stereocenters. The van der Waals surface area contributed by atoms with Crippen LogP contribution in [0.1, 0.15) is 30.1 Å². The monoisotopic (exact) mass is 361 g/mol. The van der Waals surface area contributed by atoms with Gasteiger partial charge in [-0.05, 0) is 44.0 Å². The molecule has 1 N–H and O–H groups in total. The minimum atomic E-state index is -0.299. The van der Waals surface area contributed by atoms with Crippen molar-refractivity contribution in [3.8, 4) is 0 Å². The molecule has 2 heterocycles. The number of rotatable bonds is 5. The van der Waals surface area contributed by atoms with Gasteiger partial charge in [0.2, 0.25) is 0 Å². The number of hydrogen-bond acceptors (Lipinski definition) is 5. The van der Waals surface area contributed by atoms with E-state index in [1.54, 1.807) is 19.1 Å². The van der Waals surface area contributed by atoms with Crippen LogP contribution in [0.4, 0.5) is 10.5 Å². The van der Waals surface area contributed by atoms with Crippen LogP contribution in [0.2, 0.25) is 0 Å². The fourth-order valence-electron chi connectivity index (χ4n) is 3.31. The van der Waals surface area contributed by atoms with Crippen LogP contribution in [0.3, 0.4) is 0 Å². The summed E-state index contributed by atoms with van der Waals surface area (Å²) in [5.41, 5.74) is 1.61. The van der Waals surface area contributed by atoms with E-state index in [1.165, 1.54) is 0 Å². The van der Waals surface area contributed by atoms with Crippen LogP contribution in [0.25, 0.3) is 0 Å². The lowest BCUT2D eigenvalue weighted by Gasteiger charge is -2.36. The zero-order valence-corrected chi connectivity index (χ0v) is 15.3. The predicted octanol–water partition coefficient (Wildman–Crippen LogP) is 1.87. The Kier molecular flexibility index (Phi) is 6.33. The van der Waals surface area contributed by atoms with Crippen molar-refractivity contribution in [2.75, 3.05) is 50.8 Å². The summed E-state index contributed by atoms with van der Waals surface area (Å²) >= 11 is 0. The zero-order chi connectivity index (χ0) is 18.4. The smallest absolute Gasteiger partial charge is 0.338 e. The van der Waals surface area contributed by atoms with Crippen molar-refractivity contribution in [1.82, 2.24) is 10.2 Å². The van der Waals surface area contributed by atoms with Crippen LogP contribution in [-0.4, -0.2) is 68.9 Å². The maximum atomic E-state index is 12.3. The third kappa shape index (κ3) is 4.66. The lowest BCUT2D eigenvalue weighted by molar-refractivity contribution is 0.0526. The van der Waals surface area contributed by atoms with Gasteiger partial charge in [-0.3, -0.25) is 0 Å². The third-order valence-electron chi connectivity index (χ3n) is 4.82. The van der Waals surface area contributed by atoms with Crippen molar-refractivity contribution in [1.29, 1.82) is 0 Å². The number of amides is 2. The van der Waals surface area contributed by atoms with Crippen LogP contribution in [0, 0.1) is 0 Å². The molecule has 2 aliphatic rings. The molecular weight excluding hydrogens is 334 g/mol. The van der Waals surface area contributed by atoms with E-state index in [2.05, 4.69) is 10.2 Å². The number of piperazine rings is 1. The first kappa shape index (κ1) is 18.5. The van der Waals surface area contributed by atoms with Crippen molar-refractivity contribution in [3.05, 3.63) is 29.8 Å². The average molecular weight is 361 g/mol. The second-order valence-electron chi connectivity index (χ2n) is 6.56. The van der Waals surface area contributed by atoms with Crippen LogP contribution < -0.4 is 10.2 Å². The van der Waals surface area contributed by atoms with Crippen LogP contribution in [-0.2, 0) is 9.47 Å². The second-order valence-corrected chi connectivity index (χ2v) is 6.56. The zero-order valence-electron chi connectivity index (χ0n) is 15.3. The maximum absolute atomic E-state index is 12.3. The van der Waals surface area contributed by atoms with Crippen molar-refractivity contribution in [2.24, 2.45) is 0 Å². The molecule has 2 saturated heterocycles. The number of hydrogen-bond donors (Lipinski definition) is 1. The first-order valence-corrected chi connectivity index (χ1v) is 9.34. The van der Waals surface area contributed by atoms with Gasteiger partial charge in [-0.2, -0.15) is 0 Å². The Morgan fingerprint density at radius 3 is 2.54 bits per heavy atom. The largest absolute Gasteiger partial charge is 0.462 e. The quantitative estimate of drug-likeness (QED) is 0.811. The minimum Gasteiger partial charge on any atom is -0.462 e. The highest BCUT2D eigenvalue weighted by molar-refractivity contribution is 5.89. The Bertz CT molecular complexity index is 606. The molecule has 0 aliphatic carbocycles. The van der Waals surface area contributed by atoms with Gasteiger partial charge in [0.25, 0.3) is 0 Å². The van der Waals surface area contributed by atoms with Gasteiger partial charge in [-0.1, -0.05) is 0 Å². The molecule has 0 saturated carbocycles. The van der Waals surface area contributed by atoms with Crippen LogP contribution >= 0.6 is 0 Å². The maximum Gasteiger partial charge on any atom is 0.338 e. The third-order valence-corrected chi connectivity index (χ3v) is 4.82. The molecule has 3 rings (SSSR count). The van der Waals surface area contributed by atoms with Crippen molar-refractivity contribution < 1.29 is 19.1 Å². The Balaban J connectivity index is 1.45. The van der Waals surface area contributed by atoms with Gasteiger partial charge in [0, 0.05) is 45.0 Å². The van der Waals surface area contributed by atoms with E-state index >= 15 is 0 Å². The highest BCUT2D eigenvalue weighted by Crippen LogP contribution is 2.18. The molecule has 2 fully saturated rings. The predicted molar refractivity (Wildman–Crippen MR) is 98.6 cm³/mol. The fraction of sp³-hybridized carbons (Fsp3) is 0.579. The van der Waals surface area contributed by atoms with E-state index in [9.17, 15) is 9.59 Å². The number of carbonyl (C=O) groups excluding carboxylic acids is 2. The number of carbonyl (C=O) groups is 2. The second kappa shape index (κ2) is 8.89. The van der Waals surface area contributed by atoms with Gasteiger partial charge in [-0.15, -0.1) is 0 Å². The summed E-state index contributed by atoms with van der Waals surface area (Å²) in [6, 6.07) is 7.42. The number of ether oxygens (including phenoxy) is 2. The van der Waals surface area contributed by atoms with Crippen molar-refractivity contribution in [3.63, 3.8) is 0 Å². The molecule has 0 spiro atoms. The van der Waals surface area contributed by atoms with Gasteiger partial charge >= 0.3 is 12.0 Å². The van der Waals surface area contributed by atoms with Gasteiger partial charge in [-0.25, -0.2) is 9.59 Å². The number of nitrogens with one attached hydrogen (secondary N) is 1. The lowest BCUT2D eigenvalue weighted by Crippen LogP contribution is -2.52. The SMILES string of the molecule is CCOC(=O)c1ccc(N2CCN(C(=O)NCC3CCCO3)CC2)cc1. The average Bonchev–Trinajstić information content (AvgIpc) is 3.20. The Morgan fingerprint density at radius 2 is 1.92 bits per heavy atom. The number of nitrogens with zero attached hydrogens (tertiary/aromatic N) is 2. The number of anilines is 1. The minimum absolute atomic E-state index is 0.0159. The normalized spacial score (nSPS) is 20.1. The molecule has 1 aromatic carbocycles. The van der Waals surface area contributed by atoms with Gasteiger partial charge in [0.05, 0.1) is 18.3 Å². The van der Waals surface area contributed by atoms with Crippen molar-refractivity contribution >= 4 is 17.7 Å².